The van der Waals surface area contributed by atoms with Crippen molar-refractivity contribution in [1.29, 1.82) is 0 Å². The third-order valence-electron chi connectivity index (χ3n) is 5.45. The van der Waals surface area contributed by atoms with Crippen LogP contribution in [0.4, 0.5) is 10.1 Å². The highest BCUT2D eigenvalue weighted by Gasteiger charge is 2.18. The summed E-state index contributed by atoms with van der Waals surface area (Å²) in [6.45, 7) is 6.94. The van der Waals surface area contributed by atoms with Crippen molar-refractivity contribution in [1.82, 2.24) is 14.5 Å². The Balaban J connectivity index is 0.00000256. The molecule has 4 rings (SSSR count). The lowest BCUT2D eigenvalue weighted by Crippen LogP contribution is -2.51. The van der Waals surface area contributed by atoms with Crippen LogP contribution < -0.4 is 10.6 Å². The normalized spacial score (nSPS) is 14.8. The molecule has 1 saturated heterocycles. The van der Waals surface area contributed by atoms with Crippen molar-refractivity contribution in [2.45, 2.75) is 19.9 Å². The molecule has 2 N–H and O–H groups in total. The maximum atomic E-state index is 13.1. The Bertz CT molecular complexity index is 993. The van der Waals surface area contributed by atoms with E-state index in [0.29, 0.717) is 12.5 Å². The van der Waals surface area contributed by atoms with Crippen LogP contribution in [0.25, 0.3) is 11.0 Å². The number of nitrogens with two attached hydrogens (primary N) is 1. The molecule has 1 aromatic heterocycles. The summed E-state index contributed by atoms with van der Waals surface area (Å²) in [4.78, 5) is 13.6. The first-order valence-corrected chi connectivity index (χ1v) is 10.1. The zero-order valence-electron chi connectivity index (χ0n) is 17.2. The van der Waals surface area contributed by atoms with Gasteiger partial charge in [-0.25, -0.2) is 9.37 Å². The Kier molecular flexibility index (Phi) is 7.52. The van der Waals surface area contributed by atoms with Gasteiger partial charge in [0.2, 0.25) is 0 Å². The van der Waals surface area contributed by atoms with Gasteiger partial charge in [-0.3, -0.25) is 4.99 Å². The fourth-order valence-electron chi connectivity index (χ4n) is 3.85. The van der Waals surface area contributed by atoms with Gasteiger partial charge in [-0.15, -0.1) is 24.0 Å². The first kappa shape index (κ1) is 22.3. The summed E-state index contributed by atoms with van der Waals surface area (Å²) in [5, 5.41) is 0. The van der Waals surface area contributed by atoms with Gasteiger partial charge in [-0.05, 0) is 49.7 Å². The van der Waals surface area contributed by atoms with Crippen molar-refractivity contribution >= 4 is 46.7 Å². The number of piperazine rings is 1. The van der Waals surface area contributed by atoms with Crippen molar-refractivity contribution in [3.8, 4) is 0 Å². The average Bonchev–Trinajstić information content (AvgIpc) is 3.07. The number of nitrogens with zero attached hydrogens (tertiary/aromatic N) is 5. The van der Waals surface area contributed by atoms with Gasteiger partial charge in [0.1, 0.15) is 11.6 Å². The van der Waals surface area contributed by atoms with E-state index in [1.807, 2.05) is 37.3 Å². The highest BCUT2D eigenvalue weighted by molar-refractivity contribution is 14.0. The number of hydrogen-bond donors (Lipinski definition) is 1. The summed E-state index contributed by atoms with van der Waals surface area (Å²) in [6.07, 6.45) is 0.914. The molecule has 0 radical (unpaired) electrons. The Labute approximate surface area is 193 Å². The maximum absolute atomic E-state index is 13.1. The van der Waals surface area contributed by atoms with Gasteiger partial charge in [0.25, 0.3) is 0 Å². The van der Waals surface area contributed by atoms with Crippen molar-refractivity contribution < 1.29 is 4.39 Å². The second-order valence-electron chi connectivity index (χ2n) is 7.34. The molecule has 1 aliphatic rings. The number of fused-ring (bicyclic) bond motifs is 1. The number of hydrogen-bond acceptors (Lipinski definition) is 3. The molecular formula is C22H28FIN6. The number of benzene rings is 2. The van der Waals surface area contributed by atoms with E-state index in [0.717, 1.165) is 56.2 Å². The van der Waals surface area contributed by atoms with Crippen LogP contribution in [-0.2, 0) is 6.54 Å². The van der Waals surface area contributed by atoms with E-state index in [4.69, 9.17) is 5.73 Å². The molecule has 0 spiro atoms. The number of halogens is 2. The average molecular weight is 522 g/mol. The van der Waals surface area contributed by atoms with Crippen molar-refractivity contribution in [2.75, 3.05) is 37.6 Å². The molecule has 3 aromatic rings. The molecule has 0 amide bonds. The molecule has 0 unspecified atom stereocenters. The van der Waals surface area contributed by atoms with Crippen molar-refractivity contribution in [3.05, 3.63) is 60.2 Å². The third kappa shape index (κ3) is 5.03. The molecule has 0 aliphatic carbocycles. The molecule has 2 aromatic carbocycles. The minimum Gasteiger partial charge on any atom is -0.370 e. The first-order chi connectivity index (χ1) is 14.1. The second-order valence-corrected chi connectivity index (χ2v) is 7.34. The Hall–Kier alpha value is -2.36. The number of guanidine groups is 1. The van der Waals surface area contributed by atoms with Crippen molar-refractivity contribution in [2.24, 2.45) is 10.7 Å². The van der Waals surface area contributed by atoms with Crippen LogP contribution in [0.15, 0.2) is 53.5 Å². The van der Waals surface area contributed by atoms with Gasteiger partial charge in [0.05, 0.1) is 11.0 Å². The Morgan fingerprint density at radius 1 is 1.07 bits per heavy atom. The van der Waals surface area contributed by atoms with Crippen molar-refractivity contribution in [3.63, 3.8) is 0 Å². The summed E-state index contributed by atoms with van der Waals surface area (Å²) < 4.78 is 15.3. The van der Waals surface area contributed by atoms with Crippen LogP contribution in [0.1, 0.15) is 12.2 Å². The Morgan fingerprint density at radius 3 is 2.50 bits per heavy atom. The minimum atomic E-state index is -0.206. The molecule has 0 bridgehead atoms. The van der Waals surface area contributed by atoms with Gasteiger partial charge >= 0.3 is 0 Å². The number of imidazole rings is 1. The maximum Gasteiger partial charge on any atom is 0.191 e. The lowest BCUT2D eigenvalue weighted by atomic mass is 10.2. The molecule has 160 valence electrons. The zero-order chi connectivity index (χ0) is 20.2. The molecule has 8 heteroatoms. The molecule has 0 atom stereocenters. The largest absolute Gasteiger partial charge is 0.370 e. The lowest BCUT2D eigenvalue weighted by Gasteiger charge is -2.36. The van der Waals surface area contributed by atoms with E-state index in [1.54, 1.807) is 0 Å². The van der Waals surface area contributed by atoms with E-state index in [9.17, 15) is 4.39 Å². The number of aromatic nitrogens is 2. The van der Waals surface area contributed by atoms with Crippen LogP contribution in [0.3, 0.4) is 0 Å². The van der Waals surface area contributed by atoms with Crippen LogP contribution in [-0.4, -0.2) is 53.1 Å². The zero-order valence-corrected chi connectivity index (χ0v) is 19.5. The van der Waals surface area contributed by atoms with E-state index in [1.165, 1.54) is 17.6 Å². The molecular weight excluding hydrogens is 494 g/mol. The first-order valence-electron chi connectivity index (χ1n) is 10.1. The molecule has 6 nitrogen and oxygen atoms in total. The summed E-state index contributed by atoms with van der Waals surface area (Å²) in [7, 11) is 0. The van der Waals surface area contributed by atoms with Gasteiger partial charge in [0, 0.05) is 45.0 Å². The lowest BCUT2D eigenvalue weighted by molar-refractivity contribution is 0.380. The monoisotopic (exact) mass is 522 g/mol. The van der Waals surface area contributed by atoms with E-state index >= 15 is 0 Å². The number of anilines is 1. The van der Waals surface area contributed by atoms with Crippen LogP contribution in [0.5, 0.6) is 0 Å². The van der Waals surface area contributed by atoms with Gasteiger partial charge in [0.15, 0.2) is 5.96 Å². The second kappa shape index (κ2) is 10.1. The molecule has 1 fully saturated rings. The predicted molar refractivity (Wildman–Crippen MR) is 131 cm³/mol. The highest BCUT2D eigenvalue weighted by atomic mass is 127. The fraction of sp³-hybridized carbons (Fsp3) is 0.364. The number of para-hydroxylation sites is 2. The smallest absolute Gasteiger partial charge is 0.191 e. The molecule has 30 heavy (non-hydrogen) atoms. The topological polar surface area (TPSA) is 62.7 Å². The predicted octanol–water partition coefficient (Wildman–Crippen LogP) is 3.63. The fourth-order valence-corrected chi connectivity index (χ4v) is 3.85. The standard InChI is InChI=1S/C22H27FN6.HI/c1-17-26-20-5-2-3-6-21(20)29(17)12-4-11-25-22(24)28-15-13-27(14-16-28)19-9-7-18(23)8-10-19;/h2-3,5-10H,4,11-16H2,1H3,(H2,24,25);1H. The third-order valence-corrected chi connectivity index (χ3v) is 5.45. The van der Waals surface area contributed by atoms with Gasteiger partial charge in [-0.1, -0.05) is 12.1 Å². The van der Waals surface area contributed by atoms with Gasteiger partial charge in [-0.2, -0.15) is 0 Å². The summed E-state index contributed by atoms with van der Waals surface area (Å²) in [5.74, 6) is 1.43. The SMILES string of the molecule is Cc1nc2ccccc2n1CCCN=C(N)N1CCN(c2ccc(F)cc2)CC1.I. The Morgan fingerprint density at radius 2 is 1.77 bits per heavy atom. The highest BCUT2D eigenvalue weighted by Crippen LogP contribution is 2.17. The molecule has 1 aliphatic heterocycles. The van der Waals surface area contributed by atoms with E-state index in [-0.39, 0.29) is 29.8 Å². The van der Waals surface area contributed by atoms with Crippen LogP contribution >= 0.6 is 24.0 Å². The number of rotatable bonds is 5. The van der Waals surface area contributed by atoms with E-state index in [2.05, 4.69) is 30.4 Å². The quantitative estimate of drug-likeness (QED) is 0.241. The number of aryl methyl sites for hydroxylation is 2. The van der Waals surface area contributed by atoms with Gasteiger partial charge < -0.3 is 20.1 Å². The molecule has 0 saturated carbocycles. The number of aliphatic imine (C=N–C) groups is 1. The summed E-state index contributed by atoms with van der Waals surface area (Å²) in [5.41, 5.74) is 9.47. The summed E-state index contributed by atoms with van der Waals surface area (Å²) in [6, 6.07) is 14.9. The van der Waals surface area contributed by atoms with Crippen LogP contribution in [0, 0.1) is 12.7 Å². The molecule has 2 heterocycles. The van der Waals surface area contributed by atoms with E-state index < -0.39 is 0 Å². The van der Waals surface area contributed by atoms with Crippen LogP contribution in [0.2, 0.25) is 0 Å². The summed E-state index contributed by atoms with van der Waals surface area (Å²) >= 11 is 0. The minimum absolute atomic E-state index is 0.